The van der Waals surface area contributed by atoms with E-state index in [1.54, 1.807) is 6.08 Å². The molecule has 4 heterocycles. The van der Waals surface area contributed by atoms with Gasteiger partial charge in [0.1, 0.15) is 12.4 Å². The average Bonchev–Trinajstić information content (AvgIpc) is 3.05. The second-order valence-electron chi connectivity index (χ2n) is 5.23. The number of hydrogen-bond acceptors (Lipinski definition) is 5. The second kappa shape index (κ2) is 5.66. The van der Waals surface area contributed by atoms with Crippen LogP contribution in [0.15, 0.2) is 23.5 Å². The van der Waals surface area contributed by atoms with E-state index in [9.17, 15) is 14.7 Å². The topological polar surface area (TPSA) is 87.5 Å². The molecule has 1 aromatic heterocycles. The first-order valence-corrected chi connectivity index (χ1v) is 6.75. The summed E-state index contributed by atoms with van der Waals surface area (Å²) in [4.78, 5) is 28.7. The summed E-state index contributed by atoms with van der Waals surface area (Å²) >= 11 is 0. The van der Waals surface area contributed by atoms with Crippen LogP contribution in [0.2, 0.25) is 0 Å². The van der Waals surface area contributed by atoms with Gasteiger partial charge in [-0.1, -0.05) is 6.08 Å². The summed E-state index contributed by atoms with van der Waals surface area (Å²) in [6.07, 6.45) is 5.67. The Morgan fingerprint density at radius 3 is 3.05 bits per heavy atom. The van der Waals surface area contributed by atoms with Crippen LogP contribution >= 0.6 is 0 Å². The van der Waals surface area contributed by atoms with Crippen LogP contribution in [0.3, 0.4) is 0 Å². The number of carboxylic acid groups (broad SMARTS) is 1. The van der Waals surface area contributed by atoms with Gasteiger partial charge in [0, 0.05) is 18.3 Å². The van der Waals surface area contributed by atoms with E-state index in [2.05, 4.69) is 4.98 Å². The molecule has 1 fully saturated rings. The maximum Gasteiger partial charge on any atom is 1.00 e. The van der Waals surface area contributed by atoms with Gasteiger partial charge in [-0.3, -0.25) is 9.69 Å². The summed E-state index contributed by atoms with van der Waals surface area (Å²) < 4.78 is 7.34. The van der Waals surface area contributed by atoms with Crippen LogP contribution in [-0.4, -0.2) is 39.0 Å². The fourth-order valence-electron chi connectivity index (χ4n) is 3.01. The van der Waals surface area contributed by atoms with E-state index in [0.717, 1.165) is 12.4 Å². The molecule has 0 bridgehead atoms. The van der Waals surface area contributed by atoms with Crippen LogP contribution in [-0.2, 0) is 27.5 Å². The Hall–Kier alpha value is -1.41. The maximum atomic E-state index is 12.1. The van der Waals surface area contributed by atoms with Crippen molar-refractivity contribution < 1.29 is 49.0 Å². The van der Waals surface area contributed by atoms with Crippen LogP contribution < -0.4 is 34.7 Å². The first-order chi connectivity index (χ1) is 10.1. The molecule has 108 valence electrons. The molecular weight excluding hydrogens is 297 g/mol. The van der Waals surface area contributed by atoms with E-state index in [0.29, 0.717) is 30.9 Å². The summed E-state index contributed by atoms with van der Waals surface area (Å²) in [5.74, 6) is -0.744. The van der Waals surface area contributed by atoms with E-state index in [4.69, 9.17) is 4.74 Å². The fourth-order valence-corrected chi connectivity index (χ4v) is 3.01. The van der Waals surface area contributed by atoms with E-state index in [-0.39, 0.29) is 47.2 Å². The number of aromatic nitrogens is 2. The standard InChI is InChI=1S/C14H13N3O4.Na/c18-13-9(10-1-2-11(14(19)20)17(10)13)5-8-6-16-3-4-21-7-12(16)15-8;/h2,5-6,10H,1,3-4,7H2,(H,19,20);/q;+1/p-1/b9-5+;. The number of hydrogen-bond donors (Lipinski definition) is 0. The quantitative estimate of drug-likeness (QED) is 0.316. The van der Waals surface area contributed by atoms with Gasteiger partial charge >= 0.3 is 29.6 Å². The molecule has 22 heavy (non-hydrogen) atoms. The van der Waals surface area contributed by atoms with Crippen molar-refractivity contribution in [2.45, 2.75) is 25.6 Å². The Kier molecular flexibility index (Phi) is 3.98. The van der Waals surface area contributed by atoms with Gasteiger partial charge in [0.25, 0.3) is 5.91 Å². The van der Waals surface area contributed by atoms with Gasteiger partial charge in [0.05, 0.1) is 30.0 Å². The predicted octanol–water partition coefficient (Wildman–Crippen LogP) is -3.95. The molecule has 3 aliphatic rings. The van der Waals surface area contributed by atoms with Gasteiger partial charge in [0.15, 0.2) is 0 Å². The van der Waals surface area contributed by atoms with E-state index >= 15 is 0 Å². The number of carboxylic acids is 1. The van der Waals surface area contributed by atoms with Gasteiger partial charge in [-0.25, -0.2) is 4.98 Å². The third-order valence-electron chi connectivity index (χ3n) is 4.03. The van der Waals surface area contributed by atoms with Crippen LogP contribution in [0.25, 0.3) is 6.08 Å². The molecule has 0 aromatic carbocycles. The molecule has 8 heteroatoms. The first-order valence-electron chi connectivity index (χ1n) is 6.75. The monoisotopic (exact) mass is 309 g/mol. The molecule has 0 radical (unpaired) electrons. The first kappa shape index (κ1) is 15.5. The smallest absolute Gasteiger partial charge is 0.543 e. The zero-order chi connectivity index (χ0) is 14.6. The van der Waals surface area contributed by atoms with Crippen molar-refractivity contribution in [3.8, 4) is 0 Å². The molecule has 3 aliphatic heterocycles. The minimum atomic E-state index is -1.31. The zero-order valence-corrected chi connectivity index (χ0v) is 14.1. The number of β-lactam (4-membered cyclic amide) rings is 1. The molecule has 0 N–H and O–H groups in total. The maximum absolute atomic E-state index is 12.1. The largest absolute Gasteiger partial charge is 1.00 e. The summed E-state index contributed by atoms with van der Waals surface area (Å²) in [5.41, 5.74) is 1.28. The third-order valence-corrected chi connectivity index (χ3v) is 4.03. The Morgan fingerprint density at radius 1 is 1.50 bits per heavy atom. The van der Waals surface area contributed by atoms with Gasteiger partial charge in [0.2, 0.25) is 0 Å². The zero-order valence-electron chi connectivity index (χ0n) is 12.1. The number of nitrogens with zero attached hydrogens (tertiary/aromatic N) is 3. The fraction of sp³-hybridized carbons (Fsp3) is 0.357. The average molecular weight is 309 g/mol. The van der Waals surface area contributed by atoms with Crippen molar-refractivity contribution in [1.29, 1.82) is 0 Å². The molecule has 1 saturated heterocycles. The second-order valence-corrected chi connectivity index (χ2v) is 5.23. The Balaban J connectivity index is 0.00000144. The van der Waals surface area contributed by atoms with Gasteiger partial charge in [-0.15, -0.1) is 0 Å². The predicted molar refractivity (Wildman–Crippen MR) is 68.2 cm³/mol. The van der Waals surface area contributed by atoms with Crippen molar-refractivity contribution in [3.05, 3.63) is 35.1 Å². The summed E-state index contributed by atoms with van der Waals surface area (Å²) in [6.45, 7) is 1.89. The van der Waals surface area contributed by atoms with Crippen LogP contribution in [0.4, 0.5) is 0 Å². The van der Waals surface area contributed by atoms with E-state index in [1.807, 2.05) is 10.8 Å². The van der Waals surface area contributed by atoms with Crippen LogP contribution in [0.1, 0.15) is 17.9 Å². The number of carbonyl (C=O) groups excluding carboxylic acids is 2. The van der Waals surface area contributed by atoms with Crippen molar-refractivity contribution in [3.63, 3.8) is 0 Å². The number of amides is 1. The number of carbonyl (C=O) groups is 2. The van der Waals surface area contributed by atoms with E-state index in [1.165, 1.54) is 11.0 Å². The number of rotatable bonds is 2. The normalized spacial score (nSPS) is 24.3. The molecule has 0 aliphatic carbocycles. The number of fused-ring (bicyclic) bond motifs is 2. The van der Waals surface area contributed by atoms with Crippen molar-refractivity contribution in [2.24, 2.45) is 0 Å². The van der Waals surface area contributed by atoms with Crippen LogP contribution in [0.5, 0.6) is 0 Å². The molecule has 1 atom stereocenters. The molecule has 4 rings (SSSR count). The number of imidazole rings is 1. The Labute approximate surface area is 148 Å². The van der Waals surface area contributed by atoms with Crippen LogP contribution in [0, 0.1) is 0 Å². The third kappa shape index (κ3) is 2.25. The Morgan fingerprint density at radius 2 is 2.32 bits per heavy atom. The van der Waals surface area contributed by atoms with Crippen molar-refractivity contribution in [1.82, 2.24) is 14.5 Å². The Bertz CT molecular complexity index is 698. The SMILES string of the molecule is O=C([O-])C1=CCC2/C(=C\c3cn4c(n3)COCC4)C(=O)N12.[Na+]. The van der Waals surface area contributed by atoms with Crippen molar-refractivity contribution in [2.75, 3.05) is 6.61 Å². The molecule has 1 aromatic rings. The minimum Gasteiger partial charge on any atom is -0.543 e. The summed E-state index contributed by atoms with van der Waals surface area (Å²) in [7, 11) is 0. The van der Waals surface area contributed by atoms with Gasteiger partial charge < -0.3 is 19.2 Å². The number of ether oxygens (including phenoxy) is 1. The molecule has 1 unspecified atom stereocenters. The molecular formula is C14H12N3NaO4. The molecule has 7 nitrogen and oxygen atoms in total. The number of aliphatic carboxylic acids is 1. The minimum absolute atomic E-state index is 0. The van der Waals surface area contributed by atoms with E-state index < -0.39 is 5.97 Å². The molecule has 1 amide bonds. The van der Waals surface area contributed by atoms with Gasteiger partial charge in [-0.2, -0.15) is 0 Å². The summed E-state index contributed by atoms with van der Waals surface area (Å²) in [5, 5.41) is 10.9. The molecule has 0 saturated carbocycles. The summed E-state index contributed by atoms with van der Waals surface area (Å²) in [6, 6.07) is -0.194. The molecule has 0 spiro atoms. The van der Waals surface area contributed by atoms with Crippen molar-refractivity contribution >= 4 is 18.0 Å². The van der Waals surface area contributed by atoms with Gasteiger partial charge in [-0.05, 0) is 12.5 Å².